The van der Waals surface area contributed by atoms with E-state index >= 15 is 0 Å². The zero-order valence-electron chi connectivity index (χ0n) is 12.5. The minimum atomic E-state index is -0.380. The van der Waals surface area contributed by atoms with E-state index in [1.807, 2.05) is 37.3 Å². The van der Waals surface area contributed by atoms with Crippen LogP contribution >= 0.6 is 11.8 Å². The van der Waals surface area contributed by atoms with Gasteiger partial charge in [-0.2, -0.15) is 0 Å². The molecule has 22 heavy (non-hydrogen) atoms. The molecular weight excluding hydrogens is 300 g/mol. The quantitative estimate of drug-likeness (QED) is 0.504. The van der Waals surface area contributed by atoms with E-state index in [1.165, 1.54) is 17.8 Å². The number of thioether (sulfide) groups is 1. The van der Waals surface area contributed by atoms with Gasteiger partial charge >= 0.3 is 5.97 Å². The summed E-state index contributed by atoms with van der Waals surface area (Å²) in [5, 5.41) is 0.0420. The number of aromatic amines is 1. The molecule has 116 valence electrons. The molecule has 1 aromatic carbocycles. The van der Waals surface area contributed by atoms with Gasteiger partial charge in [-0.25, -0.2) is 4.98 Å². The minimum Gasteiger partial charge on any atom is -0.465 e. The Morgan fingerprint density at radius 2 is 2.05 bits per heavy atom. The Bertz CT molecular complexity index is 685. The van der Waals surface area contributed by atoms with Gasteiger partial charge in [0.05, 0.1) is 12.3 Å². The molecule has 0 radical (unpaired) electrons. The summed E-state index contributed by atoms with van der Waals surface area (Å²) in [7, 11) is 0. The van der Waals surface area contributed by atoms with Gasteiger partial charge in [0.1, 0.15) is 5.25 Å². The second kappa shape index (κ2) is 7.79. The Labute approximate surface area is 133 Å². The van der Waals surface area contributed by atoms with Crippen molar-refractivity contribution >= 4 is 17.7 Å². The predicted octanol–water partition coefficient (Wildman–Crippen LogP) is 2.87. The number of carbonyl (C=O) groups is 1. The number of hydrogen-bond donors (Lipinski definition) is 1. The summed E-state index contributed by atoms with van der Waals surface area (Å²) >= 11 is 1.22. The van der Waals surface area contributed by atoms with Crippen molar-refractivity contribution in [3.63, 3.8) is 0 Å². The summed E-state index contributed by atoms with van der Waals surface area (Å²) in [6.45, 7) is 4.00. The number of nitrogens with one attached hydrogen (secondary N) is 1. The summed E-state index contributed by atoms with van der Waals surface area (Å²) in [5.74, 6) is -0.289. The van der Waals surface area contributed by atoms with Crippen LogP contribution < -0.4 is 5.56 Å². The van der Waals surface area contributed by atoms with E-state index in [-0.39, 0.29) is 16.8 Å². The van der Waals surface area contributed by atoms with Gasteiger partial charge < -0.3 is 9.72 Å². The van der Waals surface area contributed by atoms with Crippen LogP contribution in [0.15, 0.2) is 46.3 Å². The van der Waals surface area contributed by atoms with Crippen LogP contribution in [0.25, 0.3) is 11.3 Å². The molecule has 2 rings (SSSR count). The number of hydrogen-bond acceptors (Lipinski definition) is 5. The van der Waals surface area contributed by atoms with Crippen LogP contribution in [0.1, 0.15) is 20.3 Å². The molecule has 1 aromatic heterocycles. The molecule has 0 unspecified atom stereocenters. The van der Waals surface area contributed by atoms with Crippen molar-refractivity contribution in [3.05, 3.63) is 46.8 Å². The highest BCUT2D eigenvalue weighted by Crippen LogP contribution is 2.24. The Kier molecular flexibility index (Phi) is 5.77. The molecule has 0 spiro atoms. The summed E-state index contributed by atoms with van der Waals surface area (Å²) in [6.07, 6.45) is 0.600. The minimum absolute atomic E-state index is 0.241. The largest absolute Gasteiger partial charge is 0.465 e. The molecule has 1 atom stereocenters. The molecule has 1 heterocycles. The van der Waals surface area contributed by atoms with E-state index in [0.29, 0.717) is 23.9 Å². The van der Waals surface area contributed by atoms with E-state index in [2.05, 4.69) is 9.97 Å². The second-order valence-corrected chi connectivity index (χ2v) is 5.76. The highest BCUT2D eigenvalue weighted by Gasteiger charge is 2.20. The van der Waals surface area contributed by atoms with Crippen LogP contribution in [0.3, 0.4) is 0 Å². The van der Waals surface area contributed by atoms with Crippen LogP contribution in [0, 0.1) is 0 Å². The normalized spacial score (nSPS) is 11.9. The Balaban J connectivity index is 2.27. The number of nitrogens with zero attached hydrogens (tertiary/aromatic N) is 1. The van der Waals surface area contributed by atoms with Crippen molar-refractivity contribution < 1.29 is 9.53 Å². The average molecular weight is 318 g/mol. The van der Waals surface area contributed by atoms with Gasteiger partial charge in [-0.3, -0.25) is 9.59 Å². The molecule has 0 fully saturated rings. The van der Waals surface area contributed by atoms with Gasteiger partial charge in [-0.1, -0.05) is 49.0 Å². The number of carbonyl (C=O) groups excluding carboxylic acids is 1. The number of esters is 1. The molecule has 0 saturated heterocycles. The third-order valence-electron chi connectivity index (χ3n) is 2.96. The summed E-state index contributed by atoms with van der Waals surface area (Å²) in [4.78, 5) is 30.8. The third-order valence-corrected chi connectivity index (χ3v) is 4.19. The molecule has 2 aromatic rings. The van der Waals surface area contributed by atoms with Gasteiger partial charge in [0.2, 0.25) is 0 Å². The zero-order valence-corrected chi connectivity index (χ0v) is 13.4. The highest BCUT2D eigenvalue weighted by atomic mass is 32.2. The number of ether oxygens (including phenoxy) is 1. The van der Waals surface area contributed by atoms with Crippen molar-refractivity contribution in [1.82, 2.24) is 9.97 Å². The van der Waals surface area contributed by atoms with Gasteiger partial charge in [0.15, 0.2) is 5.16 Å². The first-order valence-corrected chi connectivity index (χ1v) is 8.02. The predicted molar refractivity (Wildman–Crippen MR) is 86.9 cm³/mol. The average Bonchev–Trinajstić information content (AvgIpc) is 2.53. The van der Waals surface area contributed by atoms with Gasteiger partial charge in [0.25, 0.3) is 5.56 Å². The van der Waals surface area contributed by atoms with E-state index in [0.717, 1.165) is 5.56 Å². The van der Waals surface area contributed by atoms with Crippen LogP contribution in [0.2, 0.25) is 0 Å². The fraction of sp³-hybridized carbons (Fsp3) is 0.312. The maximum Gasteiger partial charge on any atom is 0.319 e. The molecule has 6 heteroatoms. The lowest BCUT2D eigenvalue weighted by atomic mass is 10.1. The lowest BCUT2D eigenvalue weighted by Crippen LogP contribution is -2.20. The lowest BCUT2D eigenvalue weighted by molar-refractivity contribution is -0.142. The smallest absolute Gasteiger partial charge is 0.319 e. The molecule has 0 aliphatic heterocycles. The fourth-order valence-electron chi connectivity index (χ4n) is 1.92. The van der Waals surface area contributed by atoms with E-state index in [1.54, 1.807) is 6.92 Å². The second-order valence-electron chi connectivity index (χ2n) is 4.57. The topological polar surface area (TPSA) is 72.0 Å². The number of H-pyrrole nitrogens is 1. The summed E-state index contributed by atoms with van der Waals surface area (Å²) in [5.41, 5.74) is 1.21. The molecule has 0 bridgehead atoms. The SMILES string of the molecule is CCOC(=O)[C@@H](CC)Sc1nc(-c2ccccc2)cc(=O)[nH]1. The zero-order chi connectivity index (χ0) is 15.9. The van der Waals surface area contributed by atoms with Crippen LogP contribution in [0.4, 0.5) is 0 Å². The molecule has 0 aliphatic carbocycles. The fourth-order valence-corrected chi connectivity index (χ4v) is 2.83. The van der Waals surface area contributed by atoms with Crippen LogP contribution in [0.5, 0.6) is 0 Å². The molecule has 1 N–H and O–H groups in total. The van der Waals surface area contributed by atoms with Crippen molar-refractivity contribution in [2.75, 3.05) is 6.61 Å². The number of benzene rings is 1. The Morgan fingerprint density at radius 1 is 1.32 bits per heavy atom. The summed E-state index contributed by atoms with van der Waals surface area (Å²) < 4.78 is 5.03. The molecule has 0 aliphatic rings. The molecular formula is C16H18N2O3S. The Hall–Kier alpha value is -2.08. The number of aromatic nitrogens is 2. The molecule has 0 saturated carbocycles. The first-order chi connectivity index (χ1) is 10.6. The summed E-state index contributed by atoms with van der Waals surface area (Å²) in [6, 6.07) is 10.9. The van der Waals surface area contributed by atoms with Crippen LogP contribution in [-0.4, -0.2) is 27.8 Å². The highest BCUT2D eigenvalue weighted by molar-refractivity contribution is 8.00. The van der Waals surface area contributed by atoms with Crippen molar-refractivity contribution in [2.24, 2.45) is 0 Å². The van der Waals surface area contributed by atoms with E-state index in [4.69, 9.17) is 4.74 Å². The maximum atomic E-state index is 11.9. The first kappa shape index (κ1) is 16.3. The Morgan fingerprint density at radius 3 is 2.68 bits per heavy atom. The van der Waals surface area contributed by atoms with Crippen molar-refractivity contribution in [3.8, 4) is 11.3 Å². The van der Waals surface area contributed by atoms with E-state index < -0.39 is 0 Å². The van der Waals surface area contributed by atoms with Gasteiger partial charge in [-0.05, 0) is 13.3 Å². The van der Waals surface area contributed by atoms with Gasteiger partial charge in [-0.15, -0.1) is 0 Å². The first-order valence-electron chi connectivity index (χ1n) is 7.14. The number of rotatable bonds is 6. The van der Waals surface area contributed by atoms with Gasteiger partial charge in [0, 0.05) is 11.6 Å². The maximum absolute atomic E-state index is 11.9. The van der Waals surface area contributed by atoms with Crippen molar-refractivity contribution in [2.45, 2.75) is 30.7 Å². The van der Waals surface area contributed by atoms with Crippen LogP contribution in [-0.2, 0) is 9.53 Å². The van der Waals surface area contributed by atoms with E-state index in [9.17, 15) is 9.59 Å². The monoisotopic (exact) mass is 318 g/mol. The lowest BCUT2D eigenvalue weighted by Gasteiger charge is -2.12. The molecule has 5 nitrogen and oxygen atoms in total. The third kappa shape index (κ3) is 4.21. The standard InChI is InChI=1S/C16H18N2O3S/c1-3-13(15(20)21-4-2)22-16-17-12(10-14(19)18-16)11-8-6-5-7-9-11/h5-10,13H,3-4H2,1-2H3,(H,17,18,19)/t13-/m1/s1. The van der Waals surface area contributed by atoms with Crippen molar-refractivity contribution in [1.29, 1.82) is 0 Å². The molecule has 0 amide bonds.